The van der Waals surface area contributed by atoms with E-state index < -0.39 is 0 Å². The zero-order valence-corrected chi connectivity index (χ0v) is 14.6. The monoisotopic (exact) mass is 304 g/mol. The predicted octanol–water partition coefficient (Wildman–Crippen LogP) is 3.51. The molecule has 1 aliphatic heterocycles. The molecule has 1 heterocycles. The molecule has 0 amide bonds. The molecule has 0 radical (unpaired) electrons. The maximum atomic E-state index is 5.56. The van der Waals surface area contributed by atoms with Crippen molar-refractivity contribution in [1.29, 1.82) is 0 Å². The Labute approximate surface area is 136 Å². The second-order valence-corrected chi connectivity index (χ2v) is 6.91. The molecule has 1 aliphatic rings. The molecule has 124 valence electrons. The van der Waals surface area contributed by atoms with Gasteiger partial charge >= 0.3 is 0 Å². The zero-order valence-electron chi connectivity index (χ0n) is 14.6. The number of ether oxygens (including phenoxy) is 1. The molecule has 0 unspecified atom stereocenters. The molecule has 1 aromatic rings. The minimum atomic E-state index is 0.551. The first kappa shape index (κ1) is 17.3. The largest absolute Gasteiger partial charge is 0.496 e. The summed E-state index contributed by atoms with van der Waals surface area (Å²) in [6, 6.07) is 9.17. The number of para-hydroxylation sites is 1. The van der Waals surface area contributed by atoms with E-state index in [0.717, 1.165) is 12.3 Å². The first-order valence-electron chi connectivity index (χ1n) is 8.66. The van der Waals surface area contributed by atoms with Gasteiger partial charge in [0.1, 0.15) is 5.75 Å². The van der Waals surface area contributed by atoms with Gasteiger partial charge in [-0.3, -0.25) is 0 Å². The van der Waals surface area contributed by atoms with Crippen molar-refractivity contribution >= 4 is 0 Å². The number of nitrogens with one attached hydrogen (secondary N) is 1. The summed E-state index contributed by atoms with van der Waals surface area (Å²) in [6.45, 7) is 8.16. The number of piperidine rings is 1. The lowest BCUT2D eigenvalue weighted by atomic mass is 9.85. The van der Waals surface area contributed by atoms with Crippen LogP contribution in [0.4, 0.5) is 0 Å². The number of likely N-dealkylation sites (tertiary alicyclic amines) is 1. The van der Waals surface area contributed by atoms with Crippen LogP contribution in [0.2, 0.25) is 0 Å². The summed E-state index contributed by atoms with van der Waals surface area (Å²) < 4.78 is 5.56. The average molecular weight is 304 g/mol. The van der Waals surface area contributed by atoms with Crippen LogP contribution in [0.5, 0.6) is 5.75 Å². The van der Waals surface area contributed by atoms with Gasteiger partial charge in [-0.1, -0.05) is 32.0 Å². The van der Waals surface area contributed by atoms with Crippen LogP contribution in [-0.4, -0.2) is 44.7 Å². The van der Waals surface area contributed by atoms with Crippen molar-refractivity contribution in [2.75, 3.05) is 33.8 Å². The summed E-state index contributed by atoms with van der Waals surface area (Å²) in [5.74, 6) is 2.20. The number of hydrogen-bond acceptors (Lipinski definition) is 3. The zero-order chi connectivity index (χ0) is 15.9. The highest BCUT2D eigenvalue weighted by atomic mass is 16.5. The second-order valence-electron chi connectivity index (χ2n) is 6.91. The lowest BCUT2D eigenvalue weighted by Gasteiger charge is -2.30. The lowest BCUT2D eigenvalue weighted by Crippen LogP contribution is -2.41. The van der Waals surface area contributed by atoms with Crippen molar-refractivity contribution in [1.82, 2.24) is 10.2 Å². The standard InChI is InChI=1S/C19H32N2O/c1-15(2)17(18-7-5-6-8-19(18)22-4)9-12-20-16-10-13-21(3)14-11-16/h5-8,15-17,20H,9-14H2,1-4H3/t17-/m0/s1. The molecular weight excluding hydrogens is 272 g/mol. The SMILES string of the molecule is COc1ccccc1[C@@H](CCNC1CCN(C)CC1)C(C)C. The Morgan fingerprint density at radius 3 is 2.55 bits per heavy atom. The second kappa shape index (κ2) is 8.54. The average Bonchev–Trinajstić information content (AvgIpc) is 2.53. The highest BCUT2D eigenvalue weighted by Gasteiger charge is 2.21. The van der Waals surface area contributed by atoms with E-state index in [-0.39, 0.29) is 0 Å². The summed E-state index contributed by atoms with van der Waals surface area (Å²) >= 11 is 0. The third-order valence-electron chi connectivity index (χ3n) is 4.95. The molecule has 1 fully saturated rings. The van der Waals surface area contributed by atoms with E-state index in [1.54, 1.807) is 7.11 Å². The normalized spacial score (nSPS) is 18.6. The molecule has 3 nitrogen and oxygen atoms in total. The van der Waals surface area contributed by atoms with Gasteiger partial charge in [0, 0.05) is 6.04 Å². The minimum Gasteiger partial charge on any atom is -0.496 e. The van der Waals surface area contributed by atoms with Gasteiger partial charge in [0.25, 0.3) is 0 Å². The molecule has 1 aromatic carbocycles. The van der Waals surface area contributed by atoms with Crippen molar-refractivity contribution in [3.8, 4) is 5.75 Å². The van der Waals surface area contributed by atoms with Gasteiger partial charge in [-0.25, -0.2) is 0 Å². The molecule has 2 rings (SSSR count). The lowest BCUT2D eigenvalue weighted by molar-refractivity contribution is 0.233. The van der Waals surface area contributed by atoms with Crippen LogP contribution in [0.1, 0.15) is 44.6 Å². The first-order chi connectivity index (χ1) is 10.6. The molecule has 0 spiro atoms. The molecule has 0 saturated carbocycles. The molecule has 1 N–H and O–H groups in total. The van der Waals surface area contributed by atoms with Gasteiger partial charge in [0.05, 0.1) is 7.11 Å². The first-order valence-corrected chi connectivity index (χ1v) is 8.66. The van der Waals surface area contributed by atoms with E-state index in [1.165, 1.54) is 37.9 Å². The van der Waals surface area contributed by atoms with Crippen LogP contribution in [0, 0.1) is 5.92 Å². The fraction of sp³-hybridized carbons (Fsp3) is 0.684. The highest BCUT2D eigenvalue weighted by Crippen LogP contribution is 2.34. The van der Waals surface area contributed by atoms with Crippen molar-refractivity contribution in [2.45, 2.75) is 45.1 Å². The van der Waals surface area contributed by atoms with E-state index in [2.05, 4.69) is 55.4 Å². The quantitative estimate of drug-likeness (QED) is 0.834. The fourth-order valence-corrected chi connectivity index (χ4v) is 3.48. The number of hydrogen-bond donors (Lipinski definition) is 1. The summed E-state index contributed by atoms with van der Waals surface area (Å²) in [5, 5.41) is 3.77. The van der Waals surface area contributed by atoms with Gasteiger partial charge in [-0.2, -0.15) is 0 Å². The summed E-state index contributed by atoms with van der Waals surface area (Å²) in [4.78, 5) is 2.42. The van der Waals surface area contributed by atoms with E-state index in [0.29, 0.717) is 17.9 Å². The summed E-state index contributed by atoms with van der Waals surface area (Å²) in [5.41, 5.74) is 1.35. The van der Waals surface area contributed by atoms with E-state index in [4.69, 9.17) is 4.74 Å². The number of rotatable bonds is 7. The van der Waals surface area contributed by atoms with E-state index in [9.17, 15) is 0 Å². The maximum Gasteiger partial charge on any atom is 0.122 e. The van der Waals surface area contributed by atoms with Gasteiger partial charge in [0.15, 0.2) is 0 Å². The van der Waals surface area contributed by atoms with Crippen molar-refractivity contribution in [3.05, 3.63) is 29.8 Å². The number of nitrogens with zero attached hydrogens (tertiary/aromatic N) is 1. The Balaban J connectivity index is 1.89. The Bertz CT molecular complexity index is 439. The third kappa shape index (κ3) is 4.72. The molecule has 0 aromatic heterocycles. The smallest absolute Gasteiger partial charge is 0.122 e. The van der Waals surface area contributed by atoms with Crippen LogP contribution in [0.25, 0.3) is 0 Å². The van der Waals surface area contributed by atoms with E-state index in [1.807, 2.05) is 0 Å². The Hall–Kier alpha value is -1.06. The minimum absolute atomic E-state index is 0.551. The van der Waals surface area contributed by atoms with Crippen LogP contribution in [0.3, 0.4) is 0 Å². The van der Waals surface area contributed by atoms with Gasteiger partial charge in [-0.05, 0) is 69.4 Å². The van der Waals surface area contributed by atoms with Crippen molar-refractivity contribution in [2.24, 2.45) is 5.92 Å². The number of methoxy groups -OCH3 is 1. The van der Waals surface area contributed by atoms with Gasteiger partial charge < -0.3 is 15.0 Å². The third-order valence-corrected chi connectivity index (χ3v) is 4.95. The topological polar surface area (TPSA) is 24.5 Å². The number of benzene rings is 1. The molecule has 1 atom stereocenters. The van der Waals surface area contributed by atoms with Crippen molar-refractivity contribution in [3.63, 3.8) is 0 Å². The van der Waals surface area contributed by atoms with Crippen LogP contribution < -0.4 is 10.1 Å². The predicted molar refractivity (Wildman–Crippen MR) is 93.7 cm³/mol. The molecule has 3 heteroatoms. The molecule has 0 bridgehead atoms. The Kier molecular flexibility index (Phi) is 6.71. The van der Waals surface area contributed by atoms with Crippen LogP contribution in [0.15, 0.2) is 24.3 Å². The molecular formula is C19H32N2O. The Morgan fingerprint density at radius 1 is 1.23 bits per heavy atom. The van der Waals surface area contributed by atoms with Gasteiger partial charge in [-0.15, -0.1) is 0 Å². The Morgan fingerprint density at radius 2 is 1.91 bits per heavy atom. The van der Waals surface area contributed by atoms with Crippen LogP contribution in [-0.2, 0) is 0 Å². The van der Waals surface area contributed by atoms with Crippen molar-refractivity contribution < 1.29 is 4.74 Å². The molecule has 22 heavy (non-hydrogen) atoms. The summed E-state index contributed by atoms with van der Waals surface area (Å²) in [6.07, 6.45) is 3.72. The molecule has 0 aliphatic carbocycles. The van der Waals surface area contributed by atoms with E-state index >= 15 is 0 Å². The molecule has 1 saturated heterocycles. The summed E-state index contributed by atoms with van der Waals surface area (Å²) in [7, 11) is 3.99. The maximum absolute atomic E-state index is 5.56. The highest BCUT2D eigenvalue weighted by molar-refractivity contribution is 5.36. The van der Waals surface area contributed by atoms with Gasteiger partial charge in [0.2, 0.25) is 0 Å². The van der Waals surface area contributed by atoms with Crippen LogP contribution >= 0.6 is 0 Å². The fourth-order valence-electron chi connectivity index (χ4n) is 3.48.